The lowest BCUT2D eigenvalue weighted by Gasteiger charge is -2.15. The Bertz CT molecular complexity index is 740. The summed E-state index contributed by atoms with van der Waals surface area (Å²) in [6.07, 6.45) is -1.50. The van der Waals surface area contributed by atoms with Crippen molar-refractivity contribution in [2.75, 3.05) is 12.9 Å². The summed E-state index contributed by atoms with van der Waals surface area (Å²) in [5.74, 6) is 0. The van der Waals surface area contributed by atoms with Gasteiger partial charge in [0, 0.05) is 18.2 Å². The number of hydrogen-bond donors (Lipinski definition) is 1. The number of aromatic amines is 1. The van der Waals surface area contributed by atoms with Crippen LogP contribution in [0.1, 0.15) is 18.2 Å². The normalized spacial score (nSPS) is 26.1. The molecule has 8 nitrogen and oxygen atoms in total. The van der Waals surface area contributed by atoms with Crippen LogP contribution >= 0.6 is 0 Å². The predicted molar refractivity (Wildman–Crippen MR) is 70.3 cm³/mol. The van der Waals surface area contributed by atoms with Gasteiger partial charge in [0.25, 0.3) is 15.7 Å². The Morgan fingerprint density at radius 2 is 2.19 bits per heavy atom. The van der Waals surface area contributed by atoms with E-state index in [1.54, 1.807) is 0 Å². The van der Waals surface area contributed by atoms with E-state index in [0.717, 1.165) is 10.8 Å². The van der Waals surface area contributed by atoms with E-state index in [9.17, 15) is 22.4 Å². The van der Waals surface area contributed by atoms with Crippen LogP contribution in [0.15, 0.2) is 15.8 Å². The highest BCUT2D eigenvalue weighted by Gasteiger charge is 2.37. The Kier molecular flexibility index (Phi) is 4.30. The molecule has 2 heterocycles. The van der Waals surface area contributed by atoms with E-state index < -0.39 is 46.5 Å². The molecule has 1 fully saturated rings. The zero-order valence-electron chi connectivity index (χ0n) is 11.4. The summed E-state index contributed by atoms with van der Waals surface area (Å²) in [4.78, 5) is 25.1. The molecule has 0 spiro atoms. The van der Waals surface area contributed by atoms with Crippen molar-refractivity contribution in [1.82, 2.24) is 9.55 Å². The first-order chi connectivity index (χ1) is 9.67. The van der Waals surface area contributed by atoms with E-state index in [2.05, 4.69) is 9.17 Å². The lowest BCUT2D eigenvalue weighted by atomic mass is 10.2. The van der Waals surface area contributed by atoms with E-state index >= 15 is 0 Å². The average molecular weight is 322 g/mol. The molecule has 0 aliphatic carbocycles. The van der Waals surface area contributed by atoms with Gasteiger partial charge in [-0.25, -0.2) is 9.18 Å². The van der Waals surface area contributed by atoms with Gasteiger partial charge >= 0.3 is 5.69 Å². The highest BCUT2D eigenvalue weighted by Crippen LogP contribution is 2.30. The van der Waals surface area contributed by atoms with E-state index in [1.807, 2.05) is 0 Å². The maximum atomic E-state index is 13.8. The van der Waals surface area contributed by atoms with Crippen LogP contribution in [0.5, 0.6) is 0 Å². The van der Waals surface area contributed by atoms with Crippen molar-refractivity contribution in [3.8, 4) is 0 Å². The molecule has 0 radical (unpaired) electrons. The molecular weight excluding hydrogens is 307 g/mol. The molecule has 118 valence electrons. The largest absolute Gasteiger partial charge is 0.349 e. The molecule has 0 amide bonds. The number of aromatic nitrogens is 2. The zero-order valence-corrected chi connectivity index (χ0v) is 12.2. The van der Waals surface area contributed by atoms with Crippen molar-refractivity contribution >= 4 is 10.1 Å². The molecule has 3 atom stereocenters. The molecular formula is C11H15FN2O6S. The molecule has 0 saturated carbocycles. The third-order valence-corrected chi connectivity index (χ3v) is 3.63. The fraction of sp³-hybridized carbons (Fsp3) is 0.636. The van der Waals surface area contributed by atoms with Crippen LogP contribution in [0, 0.1) is 6.92 Å². The maximum Gasteiger partial charge on any atom is 0.330 e. The van der Waals surface area contributed by atoms with Crippen LogP contribution in [0.25, 0.3) is 0 Å². The topological polar surface area (TPSA) is 107 Å². The number of hydrogen-bond acceptors (Lipinski definition) is 6. The van der Waals surface area contributed by atoms with E-state index in [4.69, 9.17) is 4.74 Å². The summed E-state index contributed by atoms with van der Waals surface area (Å²) in [7, 11) is -3.70. The number of rotatable bonds is 4. The van der Waals surface area contributed by atoms with Crippen LogP contribution in [0.2, 0.25) is 0 Å². The van der Waals surface area contributed by atoms with Crippen molar-refractivity contribution in [2.24, 2.45) is 0 Å². The molecule has 1 aromatic heterocycles. The zero-order chi connectivity index (χ0) is 15.8. The first kappa shape index (κ1) is 15.9. The van der Waals surface area contributed by atoms with E-state index in [-0.39, 0.29) is 12.0 Å². The first-order valence-electron chi connectivity index (χ1n) is 6.13. The van der Waals surface area contributed by atoms with Crippen LogP contribution in [0.4, 0.5) is 4.39 Å². The van der Waals surface area contributed by atoms with Gasteiger partial charge in [0.2, 0.25) is 0 Å². The quantitative estimate of drug-likeness (QED) is 0.745. The van der Waals surface area contributed by atoms with Gasteiger partial charge in [-0.15, -0.1) is 0 Å². The summed E-state index contributed by atoms with van der Waals surface area (Å²) < 4.78 is 46.5. The lowest BCUT2D eigenvalue weighted by Crippen LogP contribution is -2.33. The Labute approximate surface area is 119 Å². The summed E-state index contributed by atoms with van der Waals surface area (Å²) >= 11 is 0. The molecule has 0 aromatic carbocycles. The Morgan fingerprint density at radius 3 is 2.81 bits per heavy atom. The SMILES string of the molecule is Cc1cn([C@H]2C[C@H](F)[C@@H](COS(C)(=O)=O)O2)c(=O)[nH]c1=O. The summed E-state index contributed by atoms with van der Waals surface area (Å²) in [5, 5.41) is 0. The smallest absolute Gasteiger partial charge is 0.330 e. The molecule has 1 aromatic rings. The second-order valence-electron chi connectivity index (χ2n) is 4.85. The summed E-state index contributed by atoms with van der Waals surface area (Å²) in [6.45, 7) is 1.04. The predicted octanol–water partition coefficient (Wildman–Crippen LogP) is -0.553. The number of halogens is 1. The van der Waals surface area contributed by atoms with Gasteiger partial charge in [0.1, 0.15) is 18.5 Å². The molecule has 2 rings (SSSR count). The minimum atomic E-state index is -3.70. The minimum absolute atomic E-state index is 0.136. The molecule has 21 heavy (non-hydrogen) atoms. The standard InChI is InChI=1S/C11H15FN2O6S/c1-6-4-14(11(16)13-10(6)15)9-3-7(12)8(20-9)5-19-21(2,17)18/h4,7-9H,3,5H2,1-2H3,(H,13,15,16)/t7-,8+,9+/m0/s1. The lowest BCUT2D eigenvalue weighted by molar-refractivity contribution is -0.0296. The van der Waals surface area contributed by atoms with Crippen molar-refractivity contribution in [3.63, 3.8) is 0 Å². The van der Waals surface area contributed by atoms with Crippen LogP contribution in [-0.2, 0) is 19.0 Å². The number of ether oxygens (including phenoxy) is 1. The van der Waals surface area contributed by atoms with Gasteiger partial charge in [0.15, 0.2) is 0 Å². The maximum absolute atomic E-state index is 13.8. The van der Waals surface area contributed by atoms with Crippen LogP contribution in [0.3, 0.4) is 0 Å². The van der Waals surface area contributed by atoms with Gasteiger partial charge in [-0.1, -0.05) is 0 Å². The number of nitrogens with one attached hydrogen (secondary N) is 1. The third kappa shape index (κ3) is 3.77. The number of aryl methyl sites for hydroxylation is 1. The van der Waals surface area contributed by atoms with Gasteiger partial charge in [-0.05, 0) is 6.92 Å². The van der Waals surface area contributed by atoms with Crippen LogP contribution < -0.4 is 11.2 Å². The number of alkyl halides is 1. The van der Waals surface area contributed by atoms with Crippen molar-refractivity contribution in [2.45, 2.75) is 31.8 Å². The molecule has 1 N–H and O–H groups in total. The van der Waals surface area contributed by atoms with Crippen LogP contribution in [-0.4, -0.2) is 43.1 Å². The number of H-pyrrole nitrogens is 1. The van der Waals surface area contributed by atoms with E-state index in [0.29, 0.717) is 0 Å². The van der Waals surface area contributed by atoms with Gasteiger partial charge in [0.05, 0.1) is 12.9 Å². The highest BCUT2D eigenvalue weighted by molar-refractivity contribution is 7.85. The Balaban J connectivity index is 2.16. The molecule has 1 saturated heterocycles. The summed E-state index contributed by atoms with van der Waals surface area (Å²) in [5.41, 5.74) is -0.958. The third-order valence-electron chi connectivity index (χ3n) is 3.06. The highest BCUT2D eigenvalue weighted by atomic mass is 32.2. The molecule has 10 heteroatoms. The first-order valence-corrected chi connectivity index (χ1v) is 7.95. The molecule has 0 unspecified atom stereocenters. The molecule has 1 aliphatic rings. The average Bonchev–Trinajstić information content (AvgIpc) is 2.72. The van der Waals surface area contributed by atoms with Crippen molar-refractivity contribution < 1.29 is 21.7 Å². The minimum Gasteiger partial charge on any atom is -0.349 e. The fourth-order valence-electron chi connectivity index (χ4n) is 2.00. The second-order valence-corrected chi connectivity index (χ2v) is 6.49. The Morgan fingerprint density at radius 1 is 1.52 bits per heavy atom. The van der Waals surface area contributed by atoms with E-state index in [1.165, 1.54) is 13.1 Å². The van der Waals surface area contributed by atoms with Gasteiger partial charge in [-0.3, -0.25) is 18.5 Å². The van der Waals surface area contributed by atoms with Crippen molar-refractivity contribution in [1.29, 1.82) is 0 Å². The molecule has 1 aliphatic heterocycles. The molecule has 0 bridgehead atoms. The van der Waals surface area contributed by atoms with Gasteiger partial charge < -0.3 is 4.74 Å². The summed E-state index contributed by atoms with van der Waals surface area (Å²) in [6, 6.07) is 0. The Hall–Kier alpha value is -1.52. The van der Waals surface area contributed by atoms with Gasteiger partial charge in [-0.2, -0.15) is 8.42 Å². The number of nitrogens with zero attached hydrogens (tertiary/aromatic N) is 1. The second kappa shape index (κ2) is 5.70. The monoisotopic (exact) mass is 322 g/mol. The fourth-order valence-corrected chi connectivity index (χ4v) is 2.38. The van der Waals surface area contributed by atoms with Crippen molar-refractivity contribution in [3.05, 3.63) is 32.6 Å².